The molecule has 0 aromatic heterocycles. The number of nitrogens with zero attached hydrogens (tertiary/aromatic N) is 1. The predicted octanol–water partition coefficient (Wildman–Crippen LogP) is 1.42. The molecular formula is C11H12NO5P. The average molecular weight is 269 g/mol. The van der Waals surface area contributed by atoms with Crippen LogP contribution >= 0.6 is 8.25 Å². The molecule has 18 heavy (non-hydrogen) atoms. The molecule has 1 aliphatic rings. The maximum atomic E-state index is 12.1. The summed E-state index contributed by atoms with van der Waals surface area (Å²) in [5.41, 5.74) is -0.911. The van der Waals surface area contributed by atoms with E-state index in [1.807, 2.05) is 0 Å². The van der Waals surface area contributed by atoms with E-state index in [4.69, 9.17) is 9.42 Å². The molecule has 1 heterocycles. The monoisotopic (exact) mass is 269 g/mol. The molecule has 1 aliphatic heterocycles. The number of carbonyl (C=O) groups excluding carboxylic acids is 2. The van der Waals surface area contributed by atoms with Crippen LogP contribution in [0.25, 0.3) is 0 Å². The second-order valence-corrected chi connectivity index (χ2v) is 5.04. The lowest BCUT2D eigenvalue weighted by atomic mass is 10.1. The molecule has 1 aromatic rings. The summed E-state index contributed by atoms with van der Waals surface area (Å²) in [5, 5.41) is 0. The van der Waals surface area contributed by atoms with Crippen molar-refractivity contribution in [2.75, 3.05) is 0 Å². The Balaban J connectivity index is 2.42. The fourth-order valence-corrected chi connectivity index (χ4v) is 2.46. The largest absolute Gasteiger partial charge is 0.326 e. The molecule has 0 radical (unpaired) electrons. The lowest BCUT2D eigenvalue weighted by Crippen LogP contribution is -2.48. The Bertz CT molecular complexity index is 519. The normalized spacial score (nSPS) is 16.9. The van der Waals surface area contributed by atoms with E-state index in [1.165, 1.54) is 26.0 Å². The Kier molecular flexibility index (Phi) is 3.11. The van der Waals surface area contributed by atoms with Gasteiger partial charge >= 0.3 is 8.25 Å². The van der Waals surface area contributed by atoms with Gasteiger partial charge in [-0.3, -0.25) is 18.7 Å². The molecule has 0 fully saturated rings. The van der Waals surface area contributed by atoms with Gasteiger partial charge in [0.25, 0.3) is 11.8 Å². The lowest BCUT2D eigenvalue weighted by Gasteiger charge is -2.32. The van der Waals surface area contributed by atoms with Crippen LogP contribution in [0, 0.1) is 0 Å². The van der Waals surface area contributed by atoms with E-state index in [0.29, 0.717) is 0 Å². The highest BCUT2D eigenvalue weighted by molar-refractivity contribution is 7.32. The van der Waals surface area contributed by atoms with Crippen molar-refractivity contribution in [3.05, 3.63) is 35.4 Å². The smallest absolute Gasteiger partial charge is 0.318 e. The van der Waals surface area contributed by atoms with Gasteiger partial charge < -0.3 is 4.89 Å². The topological polar surface area (TPSA) is 83.9 Å². The first-order valence-electron chi connectivity index (χ1n) is 5.24. The SMILES string of the molecule is CC(C)(O[PH](=O)O)N1C(=O)c2ccccc2C1=O. The van der Waals surface area contributed by atoms with Gasteiger partial charge in [-0.1, -0.05) is 12.1 Å². The molecule has 0 saturated heterocycles. The zero-order valence-corrected chi connectivity index (χ0v) is 10.8. The van der Waals surface area contributed by atoms with E-state index in [-0.39, 0.29) is 11.1 Å². The van der Waals surface area contributed by atoms with Gasteiger partial charge in [-0.2, -0.15) is 0 Å². The van der Waals surface area contributed by atoms with E-state index in [2.05, 4.69) is 0 Å². The molecule has 1 N–H and O–H groups in total. The van der Waals surface area contributed by atoms with Gasteiger partial charge in [0.2, 0.25) is 0 Å². The van der Waals surface area contributed by atoms with Gasteiger partial charge in [-0.25, -0.2) is 4.90 Å². The molecule has 96 valence electrons. The lowest BCUT2D eigenvalue weighted by molar-refractivity contribution is -0.0239. The first kappa shape index (κ1) is 13.0. The third-order valence-corrected chi connectivity index (χ3v) is 3.34. The number of rotatable bonds is 3. The van der Waals surface area contributed by atoms with Crippen molar-refractivity contribution in [3.63, 3.8) is 0 Å². The Morgan fingerprint density at radius 2 is 1.61 bits per heavy atom. The van der Waals surface area contributed by atoms with Crippen LogP contribution in [0.4, 0.5) is 0 Å². The quantitative estimate of drug-likeness (QED) is 0.662. The summed E-state index contributed by atoms with van der Waals surface area (Å²) in [6, 6.07) is 6.37. The summed E-state index contributed by atoms with van der Waals surface area (Å²) in [5.74, 6) is -1.05. The maximum absolute atomic E-state index is 12.1. The highest BCUT2D eigenvalue weighted by Gasteiger charge is 2.45. The standard InChI is InChI=1S/C11H12NO5P/c1-11(2,17-18(15)16)12-9(13)7-5-3-4-6-8(7)10(12)14/h3-6,18H,1-2H3,(H,15,16). The van der Waals surface area contributed by atoms with E-state index in [0.717, 1.165) is 4.90 Å². The summed E-state index contributed by atoms with van der Waals surface area (Å²) >= 11 is 0. The summed E-state index contributed by atoms with van der Waals surface area (Å²) in [6.45, 7) is 2.79. The van der Waals surface area contributed by atoms with Gasteiger partial charge in [0.15, 0.2) is 5.72 Å². The summed E-state index contributed by atoms with van der Waals surface area (Å²) in [6.07, 6.45) is 0. The van der Waals surface area contributed by atoms with Crippen LogP contribution in [0.5, 0.6) is 0 Å². The minimum atomic E-state index is -3.26. The molecule has 1 aromatic carbocycles. The highest BCUT2D eigenvalue weighted by atomic mass is 31.1. The summed E-state index contributed by atoms with van der Waals surface area (Å²) in [4.78, 5) is 33.8. The fraction of sp³-hybridized carbons (Fsp3) is 0.273. The number of amides is 2. The van der Waals surface area contributed by atoms with Crippen molar-refractivity contribution >= 4 is 20.1 Å². The number of hydrogen-bond donors (Lipinski definition) is 1. The van der Waals surface area contributed by atoms with Crippen molar-refractivity contribution in [2.45, 2.75) is 19.6 Å². The van der Waals surface area contributed by atoms with Crippen molar-refractivity contribution in [1.82, 2.24) is 4.90 Å². The Morgan fingerprint density at radius 1 is 1.17 bits per heavy atom. The fourth-order valence-electron chi connectivity index (χ4n) is 1.94. The van der Waals surface area contributed by atoms with Crippen LogP contribution < -0.4 is 0 Å². The maximum Gasteiger partial charge on any atom is 0.318 e. The molecule has 0 saturated carbocycles. The predicted molar refractivity (Wildman–Crippen MR) is 63.3 cm³/mol. The Labute approximate surface area is 104 Å². The van der Waals surface area contributed by atoms with E-state index in [9.17, 15) is 14.2 Å². The van der Waals surface area contributed by atoms with Crippen molar-refractivity contribution in [2.24, 2.45) is 0 Å². The van der Waals surface area contributed by atoms with Crippen LogP contribution in [0.3, 0.4) is 0 Å². The number of imide groups is 1. The number of carbonyl (C=O) groups is 2. The molecule has 0 spiro atoms. The number of fused-ring (bicyclic) bond motifs is 1. The van der Waals surface area contributed by atoms with Crippen LogP contribution in [0.15, 0.2) is 24.3 Å². The zero-order valence-electron chi connectivity index (χ0n) is 9.84. The number of benzene rings is 1. The van der Waals surface area contributed by atoms with E-state index < -0.39 is 25.8 Å². The van der Waals surface area contributed by atoms with E-state index >= 15 is 0 Å². The van der Waals surface area contributed by atoms with Crippen LogP contribution in [-0.2, 0) is 9.09 Å². The summed E-state index contributed by atoms with van der Waals surface area (Å²) in [7, 11) is -3.26. The van der Waals surface area contributed by atoms with Crippen LogP contribution in [0.2, 0.25) is 0 Å². The average Bonchev–Trinajstić information content (AvgIpc) is 2.51. The highest BCUT2D eigenvalue weighted by Crippen LogP contribution is 2.34. The minimum Gasteiger partial charge on any atom is -0.326 e. The Hall–Kier alpha value is -1.49. The van der Waals surface area contributed by atoms with E-state index in [1.54, 1.807) is 12.1 Å². The second kappa shape index (κ2) is 4.31. The van der Waals surface area contributed by atoms with Gasteiger partial charge in [-0.05, 0) is 26.0 Å². The van der Waals surface area contributed by atoms with Gasteiger partial charge in [0, 0.05) is 0 Å². The second-order valence-electron chi connectivity index (χ2n) is 4.31. The molecular weight excluding hydrogens is 257 g/mol. The van der Waals surface area contributed by atoms with Crippen molar-refractivity contribution in [3.8, 4) is 0 Å². The zero-order chi connectivity index (χ0) is 13.5. The molecule has 0 bridgehead atoms. The minimum absolute atomic E-state index is 0.275. The number of hydrogen-bond acceptors (Lipinski definition) is 4. The third kappa shape index (κ3) is 1.99. The van der Waals surface area contributed by atoms with Crippen molar-refractivity contribution < 1.29 is 23.6 Å². The molecule has 2 rings (SSSR count). The van der Waals surface area contributed by atoms with Crippen LogP contribution in [-0.4, -0.2) is 27.3 Å². The Morgan fingerprint density at radius 3 is 2.00 bits per heavy atom. The first-order chi connectivity index (χ1) is 8.34. The molecule has 0 aliphatic carbocycles. The molecule has 7 heteroatoms. The molecule has 1 unspecified atom stereocenters. The van der Waals surface area contributed by atoms with Crippen LogP contribution in [0.1, 0.15) is 34.6 Å². The van der Waals surface area contributed by atoms with Gasteiger partial charge in [0.05, 0.1) is 11.1 Å². The molecule has 6 nitrogen and oxygen atoms in total. The third-order valence-electron chi connectivity index (χ3n) is 2.67. The van der Waals surface area contributed by atoms with Gasteiger partial charge in [0.1, 0.15) is 0 Å². The molecule has 2 amide bonds. The molecule has 1 atom stereocenters. The van der Waals surface area contributed by atoms with Gasteiger partial charge in [-0.15, -0.1) is 0 Å². The summed E-state index contributed by atoms with van der Waals surface area (Å²) < 4.78 is 15.6. The van der Waals surface area contributed by atoms with Crippen molar-refractivity contribution in [1.29, 1.82) is 0 Å². The first-order valence-corrected chi connectivity index (χ1v) is 6.51.